The fourth-order valence-electron chi connectivity index (χ4n) is 0.239. The molecular weight excluding hydrogens is 157 g/mol. The molecule has 0 aliphatic rings. The van der Waals surface area contributed by atoms with Gasteiger partial charge in [0.1, 0.15) is 0 Å². The molecule has 0 atom stereocenters. The van der Waals surface area contributed by atoms with E-state index in [4.69, 9.17) is 16.6 Å². The molecule has 6 heteroatoms. The summed E-state index contributed by atoms with van der Waals surface area (Å²) >= 11 is 0. The summed E-state index contributed by atoms with van der Waals surface area (Å²) in [5, 5.41) is 16.1. The molecule has 0 saturated heterocycles. The van der Waals surface area contributed by atoms with E-state index in [0.29, 0.717) is 0 Å². The van der Waals surface area contributed by atoms with Gasteiger partial charge in [-0.25, -0.2) is 0 Å². The van der Waals surface area contributed by atoms with Crippen LogP contribution in [-0.4, -0.2) is 82.3 Å². The Morgan fingerprint density at radius 3 is 1.90 bits per heavy atom. The van der Waals surface area contributed by atoms with Gasteiger partial charge in [-0.3, -0.25) is 16.1 Å². The summed E-state index contributed by atoms with van der Waals surface area (Å²) in [5.41, 5.74) is 4.94. The molecule has 0 heterocycles. The fourth-order valence-corrected chi connectivity index (χ4v) is 0.239. The third-order valence-electron chi connectivity index (χ3n) is 0.700. The van der Waals surface area contributed by atoms with Crippen LogP contribution in [0.4, 0.5) is 0 Å². The summed E-state index contributed by atoms with van der Waals surface area (Å²) in [6.45, 7) is 0. The Hall–Kier alpha value is 0.376. The molecule has 5 nitrogen and oxygen atoms in total. The van der Waals surface area contributed by atoms with Crippen LogP contribution in [0.15, 0.2) is 0 Å². The van der Waals surface area contributed by atoms with Gasteiger partial charge in [0.15, 0.2) is 11.9 Å². The van der Waals surface area contributed by atoms with E-state index in [1.165, 1.54) is 4.90 Å². The molecule has 0 radical (unpaired) electrons. The van der Waals surface area contributed by atoms with Crippen molar-refractivity contribution in [2.24, 2.45) is 5.73 Å². The molecule has 0 saturated carbocycles. The van der Waals surface area contributed by atoms with Gasteiger partial charge in [0.05, 0.1) is 0 Å². The topological polar surface area (TPSA) is 89.0 Å². The molecule has 0 aliphatic heterocycles. The first kappa shape index (κ1) is 13.0. The molecule has 5 N–H and O–H groups in total. The quantitative estimate of drug-likeness (QED) is 0.198. The Morgan fingerprint density at radius 1 is 1.40 bits per heavy atom. The molecule has 54 valence electrons. The zero-order valence-electron chi connectivity index (χ0n) is 5.52. The van der Waals surface area contributed by atoms with Crippen LogP contribution < -0.4 is 11.1 Å². The number of nitrogens with one attached hydrogen (secondary N) is 3. The number of hydrogen-bond acceptors (Lipinski definition) is 2. The van der Waals surface area contributed by atoms with E-state index in [0.717, 1.165) is 0 Å². The molecule has 10 heavy (non-hydrogen) atoms. The summed E-state index contributed by atoms with van der Waals surface area (Å²) in [4.78, 5) is 1.52. The zero-order chi connectivity index (χ0) is 7.44. The number of rotatable bonds is 0. The first-order chi connectivity index (χ1) is 4.04. The second-order valence-corrected chi connectivity index (χ2v) is 1.78. The minimum atomic E-state index is -0.214. The van der Waals surface area contributed by atoms with Gasteiger partial charge in [-0.1, -0.05) is 0 Å². The molecule has 0 aliphatic carbocycles. The Bertz CT molecular complexity index is 132. The van der Waals surface area contributed by atoms with Crippen LogP contribution in [0.5, 0.6) is 0 Å². The standard InChI is InChI=1S/C4H11N5.K.H/c1-9(2)4(7)8-3(5)6;;/h1-2H3,(H5,5,6,7,8);;. The molecule has 0 spiro atoms. The summed E-state index contributed by atoms with van der Waals surface area (Å²) in [5.74, 6) is -0.101. The van der Waals surface area contributed by atoms with Gasteiger partial charge >= 0.3 is 51.4 Å². The SMILES string of the molecule is CN(C)C(=N)NC(=N)N.[KH]. The second-order valence-electron chi connectivity index (χ2n) is 1.78. The van der Waals surface area contributed by atoms with E-state index < -0.39 is 0 Å². The second kappa shape index (κ2) is 6.11. The van der Waals surface area contributed by atoms with Crippen LogP contribution in [0.1, 0.15) is 0 Å². The van der Waals surface area contributed by atoms with Crippen molar-refractivity contribution >= 4 is 63.3 Å². The van der Waals surface area contributed by atoms with Crippen LogP contribution in [0.2, 0.25) is 0 Å². The predicted molar refractivity (Wildman–Crippen MR) is 43.6 cm³/mol. The molecule has 0 bridgehead atoms. The molecular formula is C4H12KN5. The van der Waals surface area contributed by atoms with Crippen LogP contribution in [0, 0.1) is 10.8 Å². The number of nitrogens with zero attached hydrogens (tertiary/aromatic N) is 1. The van der Waals surface area contributed by atoms with Crippen molar-refractivity contribution in [1.82, 2.24) is 10.2 Å². The van der Waals surface area contributed by atoms with Crippen LogP contribution in [0.3, 0.4) is 0 Å². The molecule has 0 fully saturated rings. The van der Waals surface area contributed by atoms with Crippen molar-refractivity contribution in [3.8, 4) is 0 Å². The Balaban J connectivity index is 0. The van der Waals surface area contributed by atoms with Crippen molar-refractivity contribution in [2.75, 3.05) is 14.1 Å². The van der Waals surface area contributed by atoms with Gasteiger partial charge in [-0.15, -0.1) is 0 Å². The van der Waals surface area contributed by atoms with Crippen LogP contribution in [0.25, 0.3) is 0 Å². The number of guanidine groups is 2. The summed E-state index contributed by atoms with van der Waals surface area (Å²) in [7, 11) is 3.39. The normalized spacial score (nSPS) is 7.40. The van der Waals surface area contributed by atoms with Gasteiger partial charge in [0.25, 0.3) is 0 Å². The molecule has 0 amide bonds. The predicted octanol–water partition coefficient (Wildman–Crippen LogP) is -1.68. The van der Waals surface area contributed by atoms with Crippen molar-refractivity contribution in [2.45, 2.75) is 0 Å². The van der Waals surface area contributed by atoms with Crippen molar-refractivity contribution in [3.05, 3.63) is 0 Å². The summed E-state index contributed by atoms with van der Waals surface area (Å²) < 4.78 is 0. The third kappa shape index (κ3) is 6.50. The first-order valence-electron chi connectivity index (χ1n) is 2.41. The minimum absolute atomic E-state index is 0. The van der Waals surface area contributed by atoms with Gasteiger partial charge in [0, 0.05) is 14.1 Å². The van der Waals surface area contributed by atoms with Crippen LogP contribution in [-0.2, 0) is 0 Å². The first-order valence-corrected chi connectivity index (χ1v) is 2.41. The zero-order valence-corrected chi connectivity index (χ0v) is 5.52. The average molecular weight is 169 g/mol. The Morgan fingerprint density at radius 2 is 1.80 bits per heavy atom. The molecule has 0 rings (SSSR count). The third-order valence-corrected chi connectivity index (χ3v) is 0.700. The molecule has 0 aromatic heterocycles. The van der Waals surface area contributed by atoms with E-state index in [1.807, 2.05) is 0 Å². The van der Waals surface area contributed by atoms with E-state index in [-0.39, 0.29) is 63.3 Å². The fraction of sp³-hybridized carbons (Fsp3) is 0.500. The maximum atomic E-state index is 7.07. The number of hydrogen-bond donors (Lipinski definition) is 4. The summed E-state index contributed by atoms with van der Waals surface area (Å²) in [6, 6.07) is 0. The van der Waals surface area contributed by atoms with Gasteiger partial charge in [0.2, 0.25) is 0 Å². The van der Waals surface area contributed by atoms with Gasteiger partial charge in [-0.05, 0) is 0 Å². The van der Waals surface area contributed by atoms with Crippen molar-refractivity contribution in [3.63, 3.8) is 0 Å². The molecule has 0 unspecified atom stereocenters. The van der Waals surface area contributed by atoms with Gasteiger partial charge in [-0.2, -0.15) is 0 Å². The van der Waals surface area contributed by atoms with E-state index in [9.17, 15) is 0 Å². The molecule has 0 aromatic rings. The van der Waals surface area contributed by atoms with Crippen molar-refractivity contribution in [1.29, 1.82) is 10.8 Å². The van der Waals surface area contributed by atoms with Crippen LogP contribution >= 0.6 is 0 Å². The summed E-state index contributed by atoms with van der Waals surface area (Å²) in [6.07, 6.45) is 0. The van der Waals surface area contributed by atoms with E-state index >= 15 is 0 Å². The van der Waals surface area contributed by atoms with Gasteiger partial charge < -0.3 is 10.6 Å². The molecule has 0 aromatic carbocycles. The number of nitrogens with two attached hydrogens (primary N) is 1. The Kier molecular flexibility index (Phi) is 7.94. The average Bonchev–Trinajstić information content (AvgIpc) is 1.63. The Labute approximate surface area is 103 Å². The maximum absolute atomic E-state index is 7.07. The monoisotopic (exact) mass is 169 g/mol. The van der Waals surface area contributed by atoms with E-state index in [1.54, 1.807) is 14.1 Å². The van der Waals surface area contributed by atoms with E-state index in [2.05, 4.69) is 5.32 Å². The van der Waals surface area contributed by atoms with Crippen molar-refractivity contribution < 1.29 is 0 Å².